The molecule has 0 atom stereocenters. The van der Waals surface area contributed by atoms with Gasteiger partial charge >= 0.3 is 0 Å². The monoisotopic (exact) mass is 210 g/mol. The van der Waals surface area contributed by atoms with Gasteiger partial charge in [-0.1, -0.05) is 11.6 Å². The van der Waals surface area contributed by atoms with Gasteiger partial charge < -0.3 is 15.3 Å². The molecule has 2 aromatic rings. The van der Waals surface area contributed by atoms with Crippen LogP contribution in [-0.4, -0.2) is 15.3 Å². The number of fused-ring (bicyclic) bond motifs is 1. The second kappa shape index (κ2) is 2.96. The van der Waals surface area contributed by atoms with Crippen molar-refractivity contribution < 1.29 is 15.3 Å². The maximum absolute atomic E-state index is 9.48. The van der Waals surface area contributed by atoms with E-state index in [9.17, 15) is 15.3 Å². The lowest BCUT2D eigenvalue weighted by Crippen LogP contribution is -1.77. The highest BCUT2D eigenvalue weighted by Crippen LogP contribution is 2.41. The zero-order chi connectivity index (χ0) is 10.3. The van der Waals surface area contributed by atoms with Gasteiger partial charge in [0.25, 0.3) is 0 Å². The highest BCUT2D eigenvalue weighted by atomic mass is 35.5. The Labute approximate surface area is 84.8 Å². The molecular weight excluding hydrogens is 204 g/mol. The summed E-state index contributed by atoms with van der Waals surface area (Å²) >= 11 is 5.74. The van der Waals surface area contributed by atoms with Crippen molar-refractivity contribution >= 4 is 22.4 Å². The minimum Gasteiger partial charge on any atom is -0.504 e. The van der Waals surface area contributed by atoms with Crippen LogP contribution < -0.4 is 0 Å². The van der Waals surface area contributed by atoms with Crippen LogP contribution in [0, 0.1) is 0 Å². The van der Waals surface area contributed by atoms with E-state index in [1.807, 2.05) is 0 Å². The van der Waals surface area contributed by atoms with Gasteiger partial charge in [0, 0.05) is 10.4 Å². The van der Waals surface area contributed by atoms with Crippen molar-refractivity contribution in [1.29, 1.82) is 0 Å². The molecule has 0 aromatic heterocycles. The van der Waals surface area contributed by atoms with Crippen LogP contribution in [0.2, 0.25) is 5.02 Å². The third-order valence-corrected chi connectivity index (χ3v) is 2.26. The molecule has 0 heterocycles. The summed E-state index contributed by atoms with van der Waals surface area (Å²) in [5.41, 5.74) is 0. The second-order valence-corrected chi connectivity index (χ2v) is 3.39. The standard InChI is InChI=1S/C10H7ClO3/c11-6-1-2-7-5(3-6)4-8(12)10(14)9(7)13/h1-4,12-14H. The molecule has 0 saturated heterocycles. The molecule has 0 radical (unpaired) electrons. The molecule has 0 fully saturated rings. The first-order valence-electron chi connectivity index (χ1n) is 3.93. The fraction of sp³-hybridized carbons (Fsp3) is 0. The first-order chi connectivity index (χ1) is 6.59. The third-order valence-electron chi connectivity index (χ3n) is 2.03. The minimum absolute atomic E-state index is 0.336. The zero-order valence-electron chi connectivity index (χ0n) is 7.03. The fourth-order valence-electron chi connectivity index (χ4n) is 1.33. The van der Waals surface area contributed by atoms with Crippen molar-refractivity contribution in [2.24, 2.45) is 0 Å². The number of rotatable bonds is 0. The van der Waals surface area contributed by atoms with E-state index in [1.165, 1.54) is 6.07 Å². The van der Waals surface area contributed by atoms with Gasteiger partial charge in [-0.25, -0.2) is 0 Å². The van der Waals surface area contributed by atoms with Crippen molar-refractivity contribution in [3.05, 3.63) is 29.3 Å². The lowest BCUT2D eigenvalue weighted by Gasteiger charge is -2.05. The van der Waals surface area contributed by atoms with Gasteiger partial charge in [0.1, 0.15) is 0 Å². The summed E-state index contributed by atoms with van der Waals surface area (Å²) in [4.78, 5) is 0. The van der Waals surface area contributed by atoms with Gasteiger partial charge in [0.05, 0.1) is 0 Å². The number of aromatic hydroxyl groups is 3. The summed E-state index contributed by atoms with van der Waals surface area (Å²) in [6.07, 6.45) is 0. The molecule has 0 spiro atoms. The summed E-state index contributed by atoms with van der Waals surface area (Å²) < 4.78 is 0. The Morgan fingerprint density at radius 3 is 2.36 bits per heavy atom. The Kier molecular flexibility index (Phi) is 1.89. The molecule has 0 aliphatic rings. The largest absolute Gasteiger partial charge is 0.504 e. The van der Waals surface area contributed by atoms with Crippen LogP contribution in [-0.2, 0) is 0 Å². The summed E-state index contributed by atoms with van der Waals surface area (Å²) in [5, 5.41) is 29.5. The Hall–Kier alpha value is -1.61. The SMILES string of the molecule is Oc1cc2cc(Cl)ccc2c(O)c1O. The van der Waals surface area contributed by atoms with Crippen LogP contribution in [0.1, 0.15) is 0 Å². The fourth-order valence-corrected chi connectivity index (χ4v) is 1.51. The van der Waals surface area contributed by atoms with Crippen molar-refractivity contribution in [3.63, 3.8) is 0 Å². The Balaban J connectivity index is 2.91. The summed E-state index contributed by atoms with van der Waals surface area (Å²) in [7, 11) is 0. The van der Waals surface area contributed by atoms with Gasteiger partial charge in [-0.05, 0) is 29.7 Å². The van der Waals surface area contributed by atoms with Crippen LogP contribution in [0.4, 0.5) is 0 Å². The highest BCUT2D eigenvalue weighted by molar-refractivity contribution is 6.31. The Morgan fingerprint density at radius 2 is 1.64 bits per heavy atom. The smallest absolute Gasteiger partial charge is 0.200 e. The van der Waals surface area contributed by atoms with E-state index in [1.54, 1.807) is 18.2 Å². The van der Waals surface area contributed by atoms with Crippen LogP contribution >= 0.6 is 11.6 Å². The van der Waals surface area contributed by atoms with Crippen molar-refractivity contribution in [2.45, 2.75) is 0 Å². The average Bonchev–Trinajstić information content (AvgIpc) is 2.14. The molecule has 0 unspecified atom stereocenters. The van der Waals surface area contributed by atoms with Gasteiger partial charge in [-0.3, -0.25) is 0 Å². The number of halogens is 1. The molecule has 2 rings (SSSR count). The molecule has 0 amide bonds. The first-order valence-corrected chi connectivity index (χ1v) is 4.30. The van der Waals surface area contributed by atoms with E-state index in [2.05, 4.69) is 0 Å². The van der Waals surface area contributed by atoms with Crippen LogP contribution in [0.3, 0.4) is 0 Å². The molecule has 3 N–H and O–H groups in total. The molecule has 0 aliphatic carbocycles. The van der Waals surface area contributed by atoms with Crippen molar-refractivity contribution in [3.8, 4) is 17.2 Å². The summed E-state index contributed by atoms with van der Waals surface area (Å²) in [5.74, 6) is -1.21. The van der Waals surface area contributed by atoms with E-state index in [-0.39, 0.29) is 11.5 Å². The Bertz CT molecular complexity index is 508. The predicted molar refractivity (Wildman–Crippen MR) is 54.0 cm³/mol. The van der Waals surface area contributed by atoms with Crippen LogP contribution in [0.25, 0.3) is 10.8 Å². The molecule has 2 aromatic carbocycles. The van der Waals surface area contributed by atoms with Crippen molar-refractivity contribution in [1.82, 2.24) is 0 Å². The Morgan fingerprint density at radius 1 is 0.929 bits per heavy atom. The normalized spacial score (nSPS) is 10.6. The molecule has 72 valence electrons. The van der Waals surface area contributed by atoms with Crippen LogP contribution in [0.5, 0.6) is 17.2 Å². The predicted octanol–water partition coefficient (Wildman–Crippen LogP) is 2.61. The summed E-state index contributed by atoms with van der Waals surface area (Å²) in [6.45, 7) is 0. The van der Waals surface area contributed by atoms with Gasteiger partial charge in [-0.2, -0.15) is 0 Å². The van der Waals surface area contributed by atoms with E-state index in [0.29, 0.717) is 15.8 Å². The maximum atomic E-state index is 9.48. The van der Waals surface area contributed by atoms with Gasteiger partial charge in [0.2, 0.25) is 5.75 Å². The number of hydrogen-bond acceptors (Lipinski definition) is 3. The topological polar surface area (TPSA) is 60.7 Å². The van der Waals surface area contributed by atoms with E-state index < -0.39 is 5.75 Å². The number of phenolic OH excluding ortho intramolecular Hbond substituents is 3. The number of hydrogen-bond donors (Lipinski definition) is 3. The van der Waals surface area contributed by atoms with Gasteiger partial charge in [0.15, 0.2) is 11.5 Å². The van der Waals surface area contributed by atoms with Crippen molar-refractivity contribution in [2.75, 3.05) is 0 Å². The maximum Gasteiger partial charge on any atom is 0.200 e. The van der Waals surface area contributed by atoms with E-state index in [0.717, 1.165) is 0 Å². The minimum atomic E-state index is -0.514. The molecule has 4 heteroatoms. The quantitative estimate of drug-likeness (QED) is 0.586. The van der Waals surface area contributed by atoms with E-state index in [4.69, 9.17) is 11.6 Å². The number of benzene rings is 2. The average molecular weight is 211 g/mol. The lowest BCUT2D eigenvalue weighted by molar-refractivity contribution is 0.371. The first kappa shape index (κ1) is 8.97. The highest BCUT2D eigenvalue weighted by Gasteiger charge is 2.10. The molecule has 14 heavy (non-hydrogen) atoms. The second-order valence-electron chi connectivity index (χ2n) is 2.96. The summed E-state index contributed by atoms with van der Waals surface area (Å²) in [6, 6.07) is 6.11. The van der Waals surface area contributed by atoms with Gasteiger partial charge in [-0.15, -0.1) is 0 Å². The molecule has 0 bridgehead atoms. The zero-order valence-corrected chi connectivity index (χ0v) is 7.78. The third kappa shape index (κ3) is 1.22. The molecule has 0 aliphatic heterocycles. The molecule has 3 nitrogen and oxygen atoms in total. The molecular formula is C10H7ClO3. The van der Waals surface area contributed by atoms with Crippen LogP contribution in [0.15, 0.2) is 24.3 Å². The number of phenols is 3. The lowest BCUT2D eigenvalue weighted by atomic mass is 10.1. The van der Waals surface area contributed by atoms with E-state index >= 15 is 0 Å². The molecule has 0 saturated carbocycles.